The van der Waals surface area contributed by atoms with E-state index in [0.717, 1.165) is 72.8 Å². The number of nitrogen functional groups attached to an aromatic ring is 1. The number of amides is 3. The molecule has 8 aromatic carbocycles. The third-order valence-corrected chi connectivity index (χ3v) is 11.2. The Morgan fingerprint density at radius 2 is 0.831 bits per heavy atom. The number of nitrogens with two attached hydrogens (primary N) is 3. The van der Waals surface area contributed by atoms with Crippen LogP contribution in [-0.2, 0) is 25.6 Å². The summed E-state index contributed by atoms with van der Waals surface area (Å²) in [5.74, 6) is -16.9. The van der Waals surface area contributed by atoms with Crippen LogP contribution in [0.4, 0.5) is 81.6 Å². The topological polar surface area (TPSA) is 234 Å². The van der Waals surface area contributed by atoms with Crippen LogP contribution in [0.1, 0.15) is 63.7 Å². The Morgan fingerprint density at radius 3 is 1.20 bits per heavy atom. The van der Waals surface area contributed by atoms with Crippen molar-refractivity contribution in [2.75, 3.05) is 11.1 Å². The number of hydrogen-bond donors (Lipinski definition) is 5. The fourth-order valence-electron chi connectivity index (χ4n) is 7.30. The smallest absolute Gasteiger partial charge is 0.485 e. The lowest BCUT2D eigenvalue weighted by Gasteiger charge is -2.20. The lowest BCUT2D eigenvalue weighted by atomic mass is 10.0. The molecule has 0 saturated heterocycles. The highest BCUT2D eigenvalue weighted by Crippen LogP contribution is 2.46. The molecule has 0 spiro atoms. The van der Waals surface area contributed by atoms with E-state index < -0.39 is 134 Å². The van der Waals surface area contributed by atoms with Crippen molar-refractivity contribution in [2.45, 2.75) is 38.3 Å². The third kappa shape index (κ3) is 19.1. The maximum absolute atomic E-state index is 15.6. The van der Waals surface area contributed by atoms with Crippen molar-refractivity contribution in [1.29, 1.82) is 0 Å². The Morgan fingerprint density at radius 1 is 0.461 bits per heavy atom. The number of nitrogens with one attached hydrogen (secondary N) is 1. The monoisotopic (exact) mass is 1270 g/mol. The molecule has 8 rings (SSSR count). The highest BCUT2D eigenvalue weighted by molar-refractivity contribution is 6.08. The fourth-order valence-corrected chi connectivity index (χ4v) is 7.30. The number of anilines is 2. The highest BCUT2D eigenvalue weighted by atomic mass is 19.4. The van der Waals surface area contributed by atoms with Crippen molar-refractivity contribution in [3.8, 4) is 46.0 Å². The van der Waals surface area contributed by atoms with Gasteiger partial charge in [0.15, 0.2) is 34.6 Å². The number of aromatic carboxylic acids is 1. The molecule has 0 aliphatic heterocycles. The first-order valence-corrected chi connectivity index (χ1v) is 24.4. The summed E-state index contributed by atoms with van der Waals surface area (Å²) >= 11 is 0. The molecule has 89 heavy (non-hydrogen) atoms. The first kappa shape index (κ1) is 67.2. The summed E-state index contributed by atoms with van der Waals surface area (Å²) in [5.41, 5.74) is 8.69. The van der Waals surface area contributed by atoms with Gasteiger partial charge in [-0.2, -0.15) is 26.3 Å². The molecule has 0 aliphatic rings. The summed E-state index contributed by atoms with van der Waals surface area (Å²) in [5, 5.41) is 11.5. The van der Waals surface area contributed by atoms with E-state index in [9.17, 15) is 90.1 Å². The largest absolute Gasteiger partial charge is 0.573 e. The molecule has 8 N–H and O–H groups in total. The van der Waals surface area contributed by atoms with E-state index in [1.807, 2.05) is 0 Å². The van der Waals surface area contributed by atoms with Crippen LogP contribution in [0.25, 0.3) is 0 Å². The van der Waals surface area contributed by atoms with E-state index in [0.29, 0.717) is 16.8 Å². The van der Waals surface area contributed by atoms with Crippen LogP contribution >= 0.6 is 0 Å². The molecular formula is C58H38F16N4O11. The molecule has 0 aromatic heterocycles. The van der Waals surface area contributed by atoms with Crippen molar-refractivity contribution in [3.05, 3.63) is 226 Å². The number of carbonyl (C=O) groups excluding carboxylic acids is 3. The molecule has 31 heteroatoms. The fraction of sp³-hybridized carbons (Fsp3) is 0.103. The third-order valence-electron chi connectivity index (χ3n) is 11.2. The Bertz CT molecular complexity index is 3830. The van der Waals surface area contributed by atoms with Gasteiger partial charge in [0.1, 0.15) is 59.0 Å². The van der Waals surface area contributed by atoms with Crippen molar-refractivity contribution in [1.82, 2.24) is 0 Å². The van der Waals surface area contributed by atoms with Crippen LogP contribution in [0.2, 0.25) is 0 Å². The minimum Gasteiger partial charge on any atom is -0.485 e. The number of ether oxygens (including phenoxy) is 6. The lowest BCUT2D eigenvalue weighted by molar-refractivity contribution is -0.275. The lowest BCUT2D eigenvalue weighted by Crippen LogP contribution is -2.20. The standard InChI is InChI=1S/C29H18F8N2O5.C22H13F7O5.C7H7FN2O/c30-21-11-6-16(12-19(21)26(38)40)39-27(41)23-24(31)20(28(32,33)34)13-22(42-14-15-4-2-1-3-5-15)25(23)43-17-7-9-18(10-8-17)44-29(35,36)37;23-18-15(21(24,25)26)10-16(32-11-12-4-2-1-3-5-12)19(17(18)20(30)31)33-13-6-8-14(9-7-13)34-22(27,28)29;8-6-2-1-4(9)3-5(6)7(10)11/h1-13H,14H2,(H2,38,40)(H,39,41);1-10H,11H2,(H,30,31);1-3H,9H2,(H2,10,11). The zero-order valence-corrected chi connectivity index (χ0v) is 44.2. The van der Waals surface area contributed by atoms with Gasteiger partial charge in [-0.3, -0.25) is 14.4 Å². The molecular weight excluding hydrogens is 1230 g/mol. The first-order valence-electron chi connectivity index (χ1n) is 24.4. The van der Waals surface area contributed by atoms with Crippen LogP contribution in [0.5, 0.6) is 46.0 Å². The zero-order valence-electron chi connectivity index (χ0n) is 44.2. The van der Waals surface area contributed by atoms with Crippen molar-refractivity contribution in [3.63, 3.8) is 0 Å². The Balaban J connectivity index is 0.000000247. The number of carbonyl (C=O) groups is 4. The molecule has 8 aromatic rings. The van der Waals surface area contributed by atoms with E-state index in [4.69, 9.17) is 36.1 Å². The summed E-state index contributed by atoms with van der Waals surface area (Å²) in [6.45, 7) is -0.697. The van der Waals surface area contributed by atoms with Gasteiger partial charge in [-0.05, 0) is 108 Å². The van der Waals surface area contributed by atoms with Gasteiger partial charge in [0.25, 0.3) is 17.7 Å². The number of halogens is 16. The molecule has 0 atom stereocenters. The van der Waals surface area contributed by atoms with Crippen LogP contribution in [0, 0.1) is 23.3 Å². The summed E-state index contributed by atoms with van der Waals surface area (Å²) in [6, 6.07) is 29.6. The molecule has 3 amide bonds. The minimum absolute atomic E-state index is 0.176. The molecule has 0 heterocycles. The number of carboxylic acid groups (broad SMARTS) is 1. The normalized spacial score (nSPS) is 11.4. The van der Waals surface area contributed by atoms with Crippen molar-refractivity contribution in [2.24, 2.45) is 11.5 Å². The predicted molar refractivity (Wildman–Crippen MR) is 280 cm³/mol. The number of primary amides is 2. The average Bonchev–Trinajstić information content (AvgIpc) is 2.03. The van der Waals surface area contributed by atoms with Gasteiger partial charge in [0.2, 0.25) is 0 Å². The quantitative estimate of drug-likeness (QED) is 0.0423. The van der Waals surface area contributed by atoms with Crippen LogP contribution in [0.3, 0.4) is 0 Å². The van der Waals surface area contributed by atoms with Gasteiger partial charge in [-0.25, -0.2) is 22.4 Å². The second-order valence-electron chi connectivity index (χ2n) is 17.6. The number of benzene rings is 8. The highest BCUT2D eigenvalue weighted by Gasteiger charge is 2.42. The van der Waals surface area contributed by atoms with Crippen molar-refractivity contribution < 1.29 is 123 Å². The number of alkyl halides is 12. The summed E-state index contributed by atoms with van der Waals surface area (Å²) in [6.07, 6.45) is -20.6. The molecule has 0 saturated carbocycles. The summed E-state index contributed by atoms with van der Waals surface area (Å²) in [7, 11) is 0. The van der Waals surface area contributed by atoms with Gasteiger partial charge < -0.3 is 56.0 Å². The average molecular weight is 1270 g/mol. The van der Waals surface area contributed by atoms with Crippen LogP contribution in [-0.4, -0.2) is 41.5 Å². The second-order valence-corrected chi connectivity index (χ2v) is 17.6. The van der Waals surface area contributed by atoms with Gasteiger partial charge in [0, 0.05) is 11.4 Å². The zero-order chi connectivity index (χ0) is 65.8. The Labute approximate surface area is 489 Å². The van der Waals surface area contributed by atoms with E-state index in [1.54, 1.807) is 60.7 Å². The van der Waals surface area contributed by atoms with Crippen molar-refractivity contribution >= 4 is 35.1 Å². The van der Waals surface area contributed by atoms with E-state index in [-0.39, 0.29) is 48.1 Å². The molecule has 0 radical (unpaired) electrons. The predicted octanol–water partition coefficient (Wildman–Crippen LogP) is 14.9. The van der Waals surface area contributed by atoms with Gasteiger partial charge in [-0.1, -0.05) is 60.7 Å². The van der Waals surface area contributed by atoms with Gasteiger partial charge in [0.05, 0.1) is 22.3 Å². The van der Waals surface area contributed by atoms with E-state index in [2.05, 4.69) is 14.8 Å². The van der Waals surface area contributed by atoms with E-state index in [1.165, 1.54) is 12.1 Å². The molecule has 15 nitrogen and oxygen atoms in total. The van der Waals surface area contributed by atoms with E-state index >= 15 is 4.39 Å². The molecule has 468 valence electrons. The summed E-state index contributed by atoms with van der Waals surface area (Å²) < 4.78 is 242. The first-order chi connectivity index (χ1) is 41.6. The summed E-state index contributed by atoms with van der Waals surface area (Å²) in [4.78, 5) is 47.0. The van der Waals surface area contributed by atoms with Gasteiger partial charge >= 0.3 is 31.0 Å². The second kappa shape index (κ2) is 28.1. The number of hydrogen-bond acceptors (Lipinski definition) is 11. The van der Waals surface area contributed by atoms with Gasteiger partial charge in [-0.15, -0.1) is 26.3 Å². The molecule has 0 aliphatic carbocycles. The Hall–Kier alpha value is -10.9. The Kier molecular flexibility index (Phi) is 21.2. The maximum Gasteiger partial charge on any atom is 0.573 e. The molecule has 0 bridgehead atoms. The molecule has 0 unspecified atom stereocenters. The number of carboxylic acids is 1. The molecule has 0 fully saturated rings. The van der Waals surface area contributed by atoms with Crippen LogP contribution in [0.15, 0.2) is 158 Å². The maximum atomic E-state index is 15.6. The number of rotatable bonds is 17. The van der Waals surface area contributed by atoms with Crippen LogP contribution < -0.4 is 50.9 Å². The minimum atomic E-state index is -5.34. The SMILES string of the molecule is NC(=O)c1cc(N)ccc1F.NC(=O)c1cc(NC(=O)c2c(F)c(C(F)(F)F)cc(OCc3ccccc3)c2Oc2ccc(OC(F)(F)F)cc2)ccc1F.O=C(O)c1c(F)c(C(F)(F)F)cc(OCc2ccccc2)c1Oc1ccc(OC(F)(F)F)cc1.